The number of benzene rings is 1. The second kappa shape index (κ2) is 4.49. The van der Waals surface area contributed by atoms with Crippen LogP contribution in [0.3, 0.4) is 0 Å². The van der Waals surface area contributed by atoms with E-state index in [0.717, 1.165) is 16.3 Å². The molecule has 0 bridgehead atoms. The van der Waals surface area contributed by atoms with Gasteiger partial charge in [0.15, 0.2) is 6.29 Å². The number of nitrogens with one attached hydrogen (secondary N) is 1. The van der Waals surface area contributed by atoms with Crippen molar-refractivity contribution < 1.29 is 9.53 Å². The van der Waals surface area contributed by atoms with Gasteiger partial charge in [0.05, 0.1) is 24.6 Å². The number of H-pyrrole nitrogens is 1. The third-order valence-corrected chi connectivity index (χ3v) is 2.63. The molecule has 4 nitrogen and oxygen atoms in total. The minimum Gasteiger partial charge on any atom is -0.496 e. The van der Waals surface area contributed by atoms with Gasteiger partial charge in [-0.2, -0.15) is 0 Å². The molecule has 0 aliphatic rings. The van der Waals surface area contributed by atoms with E-state index < -0.39 is 0 Å². The van der Waals surface area contributed by atoms with Crippen molar-refractivity contribution in [2.45, 2.75) is 0 Å². The van der Waals surface area contributed by atoms with Gasteiger partial charge in [-0.25, -0.2) is 4.98 Å². The van der Waals surface area contributed by atoms with Crippen molar-refractivity contribution in [2.75, 3.05) is 7.11 Å². The van der Waals surface area contributed by atoms with E-state index >= 15 is 0 Å². The van der Waals surface area contributed by atoms with Crippen LogP contribution in [0.2, 0.25) is 0 Å². The maximum atomic E-state index is 10.6. The number of halogens is 1. The summed E-state index contributed by atoms with van der Waals surface area (Å²) in [7, 11) is 1.59. The van der Waals surface area contributed by atoms with Crippen molar-refractivity contribution >= 4 is 22.2 Å². The van der Waals surface area contributed by atoms with Crippen molar-refractivity contribution in [1.29, 1.82) is 0 Å². The van der Waals surface area contributed by atoms with Crippen LogP contribution in [-0.4, -0.2) is 23.4 Å². The molecule has 1 N–H and O–H groups in total. The molecule has 16 heavy (non-hydrogen) atoms. The SMILES string of the molecule is COc1ccc(Br)cc1-c1ncc(C=O)[nH]1. The molecular formula is C11H9BrN2O2. The lowest BCUT2D eigenvalue weighted by atomic mass is 10.2. The Balaban J connectivity index is 2.53. The van der Waals surface area contributed by atoms with Crippen molar-refractivity contribution in [3.8, 4) is 17.1 Å². The molecule has 0 aliphatic carbocycles. The summed E-state index contributed by atoms with van der Waals surface area (Å²) in [6.07, 6.45) is 2.21. The van der Waals surface area contributed by atoms with Gasteiger partial charge in [-0.1, -0.05) is 15.9 Å². The van der Waals surface area contributed by atoms with Gasteiger partial charge in [0.2, 0.25) is 0 Å². The standard InChI is InChI=1S/C11H9BrN2O2/c1-16-10-3-2-7(12)4-9(10)11-13-5-8(6-15)14-11/h2-6H,1H3,(H,13,14). The first-order valence-corrected chi connectivity index (χ1v) is 5.38. The number of aromatic amines is 1. The van der Waals surface area contributed by atoms with Crippen LogP contribution in [0.5, 0.6) is 5.75 Å². The molecule has 82 valence electrons. The molecule has 0 saturated carbocycles. The van der Waals surface area contributed by atoms with E-state index in [-0.39, 0.29) is 0 Å². The Morgan fingerprint density at radius 3 is 2.94 bits per heavy atom. The topological polar surface area (TPSA) is 55.0 Å². The van der Waals surface area contributed by atoms with Gasteiger partial charge in [0, 0.05) is 4.47 Å². The minimum atomic E-state index is 0.442. The zero-order valence-corrected chi connectivity index (χ0v) is 10.1. The number of aldehydes is 1. The molecule has 0 spiro atoms. The third kappa shape index (κ3) is 1.99. The van der Waals surface area contributed by atoms with E-state index in [1.165, 1.54) is 6.20 Å². The second-order valence-electron chi connectivity index (χ2n) is 3.15. The van der Waals surface area contributed by atoms with Crippen LogP contribution in [-0.2, 0) is 0 Å². The Bertz CT molecular complexity index is 522. The van der Waals surface area contributed by atoms with E-state index in [1.807, 2.05) is 18.2 Å². The monoisotopic (exact) mass is 280 g/mol. The number of rotatable bonds is 3. The lowest BCUT2D eigenvalue weighted by Crippen LogP contribution is -1.89. The quantitative estimate of drug-likeness (QED) is 0.880. The van der Waals surface area contributed by atoms with Crippen LogP contribution >= 0.6 is 15.9 Å². The van der Waals surface area contributed by atoms with Gasteiger partial charge in [0.1, 0.15) is 11.6 Å². The number of hydrogen-bond donors (Lipinski definition) is 1. The predicted octanol–water partition coefficient (Wildman–Crippen LogP) is 2.66. The molecule has 0 radical (unpaired) electrons. The number of imidazole rings is 1. The van der Waals surface area contributed by atoms with Crippen molar-refractivity contribution in [2.24, 2.45) is 0 Å². The number of methoxy groups -OCH3 is 1. The molecule has 0 saturated heterocycles. The summed E-state index contributed by atoms with van der Waals surface area (Å²) >= 11 is 3.38. The molecule has 0 amide bonds. The first-order chi connectivity index (χ1) is 7.74. The number of carbonyl (C=O) groups is 1. The van der Waals surface area contributed by atoms with Gasteiger partial charge in [0.25, 0.3) is 0 Å². The summed E-state index contributed by atoms with van der Waals surface area (Å²) in [5, 5.41) is 0. The third-order valence-electron chi connectivity index (χ3n) is 2.14. The van der Waals surface area contributed by atoms with Crippen LogP contribution in [0.15, 0.2) is 28.9 Å². The van der Waals surface area contributed by atoms with E-state index in [2.05, 4.69) is 25.9 Å². The minimum absolute atomic E-state index is 0.442. The van der Waals surface area contributed by atoms with Gasteiger partial charge in [-0.3, -0.25) is 4.79 Å². The Kier molecular flexibility index (Phi) is 3.05. The predicted molar refractivity (Wildman–Crippen MR) is 63.7 cm³/mol. The summed E-state index contributed by atoms with van der Waals surface area (Å²) in [5.41, 5.74) is 1.25. The first kappa shape index (κ1) is 10.9. The van der Waals surface area contributed by atoms with Crippen molar-refractivity contribution in [3.05, 3.63) is 34.6 Å². The summed E-state index contributed by atoms with van der Waals surface area (Å²) in [5.74, 6) is 1.32. The zero-order valence-electron chi connectivity index (χ0n) is 8.53. The molecular weight excluding hydrogens is 272 g/mol. The Labute approximate surface area is 101 Å². The summed E-state index contributed by atoms with van der Waals surface area (Å²) in [6, 6.07) is 5.60. The molecule has 5 heteroatoms. The largest absolute Gasteiger partial charge is 0.496 e. The average molecular weight is 281 g/mol. The normalized spacial score (nSPS) is 10.1. The zero-order chi connectivity index (χ0) is 11.5. The molecule has 0 unspecified atom stereocenters. The van der Waals surface area contributed by atoms with E-state index in [4.69, 9.17) is 4.74 Å². The molecule has 0 aliphatic heterocycles. The molecule has 0 atom stereocenters. The van der Waals surface area contributed by atoms with Crippen LogP contribution in [0.4, 0.5) is 0 Å². The van der Waals surface area contributed by atoms with Gasteiger partial charge < -0.3 is 9.72 Å². The number of carbonyl (C=O) groups excluding carboxylic acids is 1. The lowest BCUT2D eigenvalue weighted by Gasteiger charge is -2.06. The summed E-state index contributed by atoms with van der Waals surface area (Å²) in [6.45, 7) is 0. The smallest absolute Gasteiger partial charge is 0.167 e. The van der Waals surface area contributed by atoms with Gasteiger partial charge in [-0.15, -0.1) is 0 Å². The molecule has 0 fully saturated rings. The highest BCUT2D eigenvalue weighted by molar-refractivity contribution is 9.10. The maximum Gasteiger partial charge on any atom is 0.167 e. The average Bonchev–Trinajstić information content (AvgIpc) is 2.77. The molecule has 1 heterocycles. The number of aromatic nitrogens is 2. The van der Waals surface area contributed by atoms with Crippen molar-refractivity contribution in [1.82, 2.24) is 9.97 Å². The molecule has 1 aromatic carbocycles. The lowest BCUT2D eigenvalue weighted by molar-refractivity contribution is 0.111. The van der Waals surface area contributed by atoms with E-state index in [0.29, 0.717) is 17.3 Å². The van der Waals surface area contributed by atoms with Crippen LogP contribution in [0, 0.1) is 0 Å². The fourth-order valence-corrected chi connectivity index (χ4v) is 1.76. The maximum absolute atomic E-state index is 10.6. The molecule has 2 rings (SSSR count). The molecule has 2 aromatic rings. The first-order valence-electron chi connectivity index (χ1n) is 4.58. The fourth-order valence-electron chi connectivity index (χ4n) is 1.40. The highest BCUT2D eigenvalue weighted by Crippen LogP contribution is 2.30. The van der Waals surface area contributed by atoms with Crippen molar-refractivity contribution in [3.63, 3.8) is 0 Å². The van der Waals surface area contributed by atoms with Crippen LogP contribution < -0.4 is 4.74 Å². The Hall–Kier alpha value is -1.62. The highest BCUT2D eigenvalue weighted by atomic mass is 79.9. The Morgan fingerprint density at radius 1 is 1.50 bits per heavy atom. The summed E-state index contributed by atoms with van der Waals surface area (Å²) < 4.78 is 6.15. The Morgan fingerprint density at radius 2 is 2.31 bits per heavy atom. The van der Waals surface area contributed by atoms with Gasteiger partial charge in [-0.05, 0) is 18.2 Å². The number of nitrogens with zero attached hydrogens (tertiary/aromatic N) is 1. The van der Waals surface area contributed by atoms with Crippen LogP contribution in [0.1, 0.15) is 10.5 Å². The number of hydrogen-bond acceptors (Lipinski definition) is 3. The van der Waals surface area contributed by atoms with Gasteiger partial charge >= 0.3 is 0 Å². The van der Waals surface area contributed by atoms with E-state index in [1.54, 1.807) is 7.11 Å². The van der Waals surface area contributed by atoms with Crippen LogP contribution in [0.25, 0.3) is 11.4 Å². The highest BCUT2D eigenvalue weighted by Gasteiger charge is 2.09. The molecule has 1 aromatic heterocycles. The second-order valence-corrected chi connectivity index (χ2v) is 4.07. The van der Waals surface area contributed by atoms with E-state index in [9.17, 15) is 4.79 Å². The summed E-state index contributed by atoms with van der Waals surface area (Å²) in [4.78, 5) is 17.6. The number of ether oxygens (including phenoxy) is 1. The fraction of sp³-hybridized carbons (Fsp3) is 0.0909.